The number of nitrogens with zero attached hydrogens (tertiary/aromatic N) is 5. The highest BCUT2D eigenvalue weighted by Gasteiger charge is 2.23. The van der Waals surface area contributed by atoms with Crippen LogP contribution in [0.5, 0.6) is 0 Å². The van der Waals surface area contributed by atoms with Crippen LogP contribution in [0, 0.1) is 25.2 Å². The van der Waals surface area contributed by atoms with Gasteiger partial charge in [-0.25, -0.2) is 0 Å². The van der Waals surface area contributed by atoms with Crippen LogP contribution in [0.15, 0.2) is 28.4 Å². The van der Waals surface area contributed by atoms with E-state index in [1.807, 2.05) is 25.1 Å². The number of hydrogen-bond acceptors (Lipinski definition) is 12. The molecule has 48 heavy (non-hydrogen) atoms. The van der Waals surface area contributed by atoms with Gasteiger partial charge in [-0.05, 0) is 63.9 Å². The highest BCUT2D eigenvalue weighted by atomic mass is 32.2. The molecule has 0 saturated heterocycles. The normalized spacial score (nSPS) is 12.1. The number of benzene rings is 1. The van der Waals surface area contributed by atoms with Gasteiger partial charge < -0.3 is 28.3 Å². The summed E-state index contributed by atoms with van der Waals surface area (Å²) in [6.45, 7) is 18.6. The molecule has 13 nitrogen and oxygen atoms in total. The fourth-order valence-corrected chi connectivity index (χ4v) is 6.48. The second-order valence-electron chi connectivity index (χ2n) is 11.3. The van der Waals surface area contributed by atoms with E-state index in [0.717, 1.165) is 66.1 Å². The molecule has 0 atom stereocenters. The average Bonchev–Trinajstić information content (AvgIpc) is 3.38. The first-order valence-corrected chi connectivity index (χ1v) is 18.8. The van der Waals surface area contributed by atoms with E-state index in [1.54, 1.807) is 6.92 Å². The van der Waals surface area contributed by atoms with E-state index in [2.05, 4.69) is 42.0 Å². The number of likely N-dealkylation sites (N-methyl/N-ethyl adjacent to an activating group) is 2. The summed E-state index contributed by atoms with van der Waals surface area (Å²) in [7, 11) is -3.93. The number of nitriles is 1. The van der Waals surface area contributed by atoms with E-state index in [0.29, 0.717) is 92.5 Å². The van der Waals surface area contributed by atoms with Gasteiger partial charge in [-0.15, -0.1) is 21.6 Å². The van der Waals surface area contributed by atoms with Crippen LogP contribution in [0.25, 0.3) is 0 Å². The van der Waals surface area contributed by atoms with Gasteiger partial charge >= 0.3 is 0 Å². The molecule has 2 aromatic rings. The molecule has 0 unspecified atom stereocenters. The van der Waals surface area contributed by atoms with Crippen LogP contribution in [0.3, 0.4) is 0 Å². The first-order chi connectivity index (χ1) is 23.0. The number of carbonyl (C=O) groups excluding carboxylic acids is 1. The molecular weight excluding hydrogens is 659 g/mol. The van der Waals surface area contributed by atoms with Crippen LogP contribution in [-0.2, 0) is 29.1 Å². The molecule has 0 saturated carbocycles. The van der Waals surface area contributed by atoms with Crippen LogP contribution >= 0.6 is 11.3 Å². The first kappa shape index (κ1) is 41.4. The molecule has 1 heterocycles. The number of azo groups is 1. The van der Waals surface area contributed by atoms with Gasteiger partial charge in [-0.3, -0.25) is 9.35 Å². The second kappa shape index (κ2) is 22.0. The van der Waals surface area contributed by atoms with Crippen LogP contribution in [-0.4, -0.2) is 122 Å². The molecule has 0 aliphatic carbocycles. The van der Waals surface area contributed by atoms with Crippen LogP contribution in [0.2, 0.25) is 0 Å². The summed E-state index contributed by atoms with van der Waals surface area (Å²) >= 11 is 1.16. The van der Waals surface area contributed by atoms with Gasteiger partial charge in [-0.1, -0.05) is 0 Å². The zero-order valence-corrected chi connectivity index (χ0v) is 30.6. The van der Waals surface area contributed by atoms with E-state index in [9.17, 15) is 18.5 Å². The lowest BCUT2D eigenvalue weighted by Gasteiger charge is -2.36. The van der Waals surface area contributed by atoms with Crippen molar-refractivity contribution in [3.05, 3.63) is 39.8 Å². The number of ether oxygens (including phenoxy) is 4. The number of hydrogen-bond donors (Lipinski definition) is 1. The zero-order valence-electron chi connectivity index (χ0n) is 29.0. The van der Waals surface area contributed by atoms with E-state index in [1.165, 1.54) is 0 Å². The lowest BCUT2D eigenvalue weighted by molar-refractivity contribution is -0.925. The van der Waals surface area contributed by atoms with E-state index >= 15 is 0 Å². The van der Waals surface area contributed by atoms with E-state index < -0.39 is 10.1 Å². The third-order valence-corrected chi connectivity index (χ3v) is 10.2. The second-order valence-corrected chi connectivity index (χ2v) is 13.9. The molecule has 1 aromatic heterocycles. The number of anilines is 1. The highest BCUT2D eigenvalue weighted by molar-refractivity contribution is 7.85. The van der Waals surface area contributed by atoms with Gasteiger partial charge in [0.2, 0.25) is 0 Å². The summed E-state index contributed by atoms with van der Waals surface area (Å²) in [4.78, 5) is 13.9. The molecular formula is C33H52N5O8S2+. The van der Waals surface area contributed by atoms with Crippen molar-refractivity contribution in [3.63, 3.8) is 0 Å². The first-order valence-electron chi connectivity index (χ1n) is 16.4. The maximum atomic E-state index is 11.2. The standard InChI is InChI=1S/C33H51N5O8S2/c1-6-37(29-10-11-31(27(4)24-29)35-36-33-30(25-34)28(5)32(26-39)47-33)12-15-43-17-19-45-21-22-46-20-18-44-16-14-38(7-2,8-3)13-9-23-48(40,41)42/h10-11,24,26H,6-9,12-23H2,1-5H3/p+1/b36-35+. The molecule has 1 aromatic carbocycles. The quantitative estimate of drug-likeness (QED) is 0.0435. The molecule has 15 heteroatoms. The number of aldehydes is 1. The summed E-state index contributed by atoms with van der Waals surface area (Å²) in [5.41, 5.74) is 3.70. The molecule has 0 aliphatic rings. The molecule has 0 spiro atoms. The third kappa shape index (κ3) is 14.4. The van der Waals surface area contributed by atoms with Crippen molar-refractivity contribution in [2.24, 2.45) is 10.2 Å². The minimum Gasteiger partial charge on any atom is -0.377 e. The van der Waals surface area contributed by atoms with Gasteiger partial charge in [0.25, 0.3) is 10.1 Å². The van der Waals surface area contributed by atoms with Crippen molar-refractivity contribution in [1.82, 2.24) is 0 Å². The molecule has 1 N–H and O–H groups in total. The topological polar surface area (TPSA) is 160 Å². The number of thiophene rings is 1. The predicted molar refractivity (Wildman–Crippen MR) is 188 cm³/mol. The lowest BCUT2D eigenvalue weighted by atomic mass is 10.1. The summed E-state index contributed by atoms with van der Waals surface area (Å²) in [6, 6.07) is 8.05. The maximum Gasteiger partial charge on any atom is 0.265 e. The molecule has 0 amide bonds. The number of carbonyl (C=O) groups is 1. The Bertz CT molecular complexity index is 1440. The molecule has 0 radical (unpaired) electrons. The van der Waals surface area contributed by atoms with Crippen LogP contribution in [0.1, 0.15) is 53.6 Å². The van der Waals surface area contributed by atoms with Crippen molar-refractivity contribution in [2.45, 2.75) is 41.0 Å². The summed E-state index contributed by atoms with van der Waals surface area (Å²) in [5, 5.41) is 18.5. The molecule has 268 valence electrons. The highest BCUT2D eigenvalue weighted by Crippen LogP contribution is 2.35. The average molecular weight is 711 g/mol. The third-order valence-electron chi connectivity index (χ3n) is 8.27. The monoisotopic (exact) mass is 710 g/mol. The number of rotatable bonds is 26. The smallest absolute Gasteiger partial charge is 0.265 e. The Labute approximate surface area is 289 Å². The summed E-state index contributed by atoms with van der Waals surface area (Å²) < 4.78 is 54.5. The maximum absolute atomic E-state index is 11.2. The van der Waals surface area contributed by atoms with Crippen LogP contribution in [0.4, 0.5) is 16.4 Å². The van der Waals surface area contributed by atoms with Gasteiger partial charge in [0.05, 0.1) is 94.4 Å². The Morgan fingerprint density at radius 3 is 2.06 bits per heavy atom. The minimum atomic E-state index is -3.93. The minimum absolute atomic E-state index is 0.213. The van der Waals surface area contributed by atoms with Gasteiger partial charge in [0.1, 0.15) is 12.6 Å². The Balaban J connectivity index is 1.59. The molecule has 0 aliphatic heterocycles. The Kier molecular flexibility index (Phi) is 19.0. The fraction of sp³-hybridized carbons (Fsp3) is 0.636. The molecule has 0 fully saturated rings. The lowest BCUT2D eigenvalue weighted by Crippen LogP contribution is -2.50. The summed E-state index contributed by atoms with van der Waals surface area (Å²) in [5.74, 6) is -0.213. The van der Waals surface area contributed by atoms with Crippen molar-refractivity contribution in [1.29, 1.82) is 5.26 Å². The number of aryl methyl sites for hydroxylation is 1. The Morgan fingerprint density at radius 2 is 1.54 bits per heavy atom. The van der Waals surface area contributed by atoms with Crippen molar-refractivity contribution < 1.29 is 41.2 Å². The van der Waals surface area contributed by atoms with Gasteiger partial charge in [0, 0.05) is 25.2 Å². The molecule has 0 bridgehead atoms. The largest absolute Gasteiger partial charge is 0.377 e. The SMILES string of the molecule is CCN(CCOCCOCCOCCOCC[N+](CC)(CC)CCCS(=O)(=O)O)c1ccc(/N=N/c2sc(C=O)c(C)c2C#N)c(C)c1. The van der Waals surface area contributed by atoms with E-state index in [4.69, 9.17) is 23.5 Å². The van der Waals surface area contributed by atoms with Gasteiger partial charge in [-0.2, -0.15) is 13.7 Å². The summed E-state index contributed by atoms with van der Waals surface area (Å²) in [6.07, 6.45) is 1.16. The van der Waals surface area contributed by atoms with E-state index in [-0.39, 0.29) is 5.75 Å². The zero-order chi connectivity index (χ0) is 35.4. The number of quaternary nitrogens is 1. The predicted octanol–water partition coefficient (Wildman–Crippen LogP) is 5.49. The van der Waals surface area contributed by atoms with Crippen molar-refractivity contribution in [3.8, 4) is 6.07 Å². The molecule has 2 rings (SSSR count). The van der Waals surface area contributed by atoms with Gasteiger partial charge in [0.15, 0.2) is 11.3 Å². The Hall–Kier alpha value is -2.81. The van der Waals surface area contributed by atoms with Crippen molar-refractivity contribution >= 4 is 44.1 Å². The Morgan fingerprint density at radius 1 is 0.938 bits per heavy atom. The fourth-order valence-electron chi connectivity index (χ4n) is 5.09. The van der Waals surface area contributed by atoms with Crippen molar-refractivity contribution in [2.75, 3.05) is 103 Å². The van der Waals surface area contributed by atoms with Crippen LogP contribution < -0.4 is 4.90 Å².